The first-order chi connectivity index (χ1) is 16.6. The fraction of sp³-hybridized carbons (Fsp3) is 0.280. The highest BCUT2D eigenvalue weighted by molar-refractivity contribution is 7.92. The number of carbonyl (C=O) groups excluding carboxylic acids is 1. The molecule has 0 atom stereocenters. The molecule has 1 amide bonds. The van der Waals surface area contributed by atoms with Crippen LogP contribution in [-0.4, -0.2) is 32.7 Å². The zero-order valence-corrected chi connectivity index (χ0v) is 21.2. The summed E-state index contributed by atoms with van der Waals surface area (Å²) in [6, 6.07) is 10.1. The SMILES string of the molecule is CCOc1ccc(OCC)c(NS(=O)(=O)c2cc(C=Cc3onc(C)c3NC(C)=O)ccc2C)c1. The fourth-order valence-corrected chi connectivity index (χ4v) is 4.68. The Labute approximate surface area is 205 Å². The van der Waals surface area contributed by atoms with Crippen molar-refractivity contribution in [2.75, 3.05) is 23.3 Å². The van der Waals surface area contributed by atoms with Crippen LogP contribution in [-0.2, 0) is 14.8 Å². The van der Waals surface area contributed by atoms with Gasteiger partial charge in [-0.05, 0) is 63.1 Å². The predicted octanol–water partition coefficient (Wildman–Crippen LogP) is 5.02. The number of ether oxygens (including phenoxy) is 2. The van der Waals surface area contributed by atoms with Crippen molar-refractivity contribution in [3.05, 3.63) is 59.0 Å². The number of hydrogen-bond acceptors (Lipinski definition) is 7. The first-order valence-electron chi connectivity index (χ1n) is 11.1. The monoisotopic (exact) mass is 499 g/mol. The minimum absolute atomic E-state index is 0.111. The third-order valence-corrected chi connectivity index (χ3v) is 6.43. The molecule has 0 unspecified atom stereocenters. The molecule has 3 aromatic rings. The van der Waals surface area contributed by atoms with Gasteiger partial charge in [0.15, 0.2) is 5.76 Å². The maximum atomic E-state index is 13.3. The smallest absolute Gasteiger partial charge is 0.262 e. The molecule has 0 aliphatic rings. The van der Waals surface area contributed by atoms with E-state index in [1.807, 2.05) is 13.8 Å². The van der Waals surface area contributed by atoms with Gasteiger partial charge in [-0.15, -0.1) is 0 Å². The Balaban J connectivity index is 1.93. The number of nitrogens with one attached hydrogen (secondary N) is 2. The topological polar surface area (TPSA) is 120 Å². The molecule has 0 aliphatic carbocycles. The van der Waals surface area contributed by atoms with Gasteiger partial charge in [0, 0.05) is 13.0 Å². The van der Waals surface area contributed by atoms with Gasteiger partial charge in [-0.3, -0.25) is 9.52 Å². The standard InChI is InChI=1S/C25H29N3O6S/c1-6-32-20-11-13-22(33-7-2)21(15-20)28-35(30,31)24-14-19(9-8-16(24)3)10-12-23-25(26-18(5)29)17(4)27-34-23/h8-15,28H,6-7H2,1-5H3,(H,26,29). The number of aryl methyl sites for hydroxylation is 2. The minimum atomic E-state index is -3.95. The summed E-state index contributed by atoms with van der Waals surface area (Å²) in [6.45, 7) is 9.32. The predicted molar refractivity (Wildman–Crippen MR) is 135 cm³/mol. The molecule has 0 fully saturated rings. The summed E-state index contributed by atoms with van der Waals surface area (Å²) in [5, 5.41) is 6.56. The highest BCUT2D eigenvalue weighted by atomic mass is 32.2. The zero-order valence-electron chi connectivity index (χ0n) is 20.3. The van der Waals surface area contributed by atoms with Gasteiger partial charge in [0.1, 0.15) is 22.9 Å². The molecule has 0 radical (unpaired) electrons. The third-order valence-electron chi connectivity index (χ3n) is 4.93. The number of hydrogen-bond donors (Lipinski definition) is 2. The Morgan fingerprint density at radius 1 is 1.06 bits per heavy atom. The molecule has 3 rings (SSSR count). The fourth-order valence-electron chi connectivity index (χ4n) is 3.34. The summed E-state index contributed by atoms with van der Waals surface area (Å²) >= 11 is 0. The van der Waals surface area contributed by atoms with Crippen LogP contribution in [0.15, 0.2) is 45.8 Å². The number of aromatic nitrogens is 1. The van der Waals surface area contributed by atoms with E-state index in [9.17, 15) is 13.2 Å². The molecule has 0 aliphatic heterocycles. The number of rotatable bonds is 10. The van der Waals surface area contributed by atoms with Crippen LogP contribution in [0, 0.1) is 13.8 Å². The summed E-state index contributed by atoms with van der Waals surface area (Å²) in [4.78, 5) is 11.6. The Bertz CT molecular complexity index is 1350. The van der Waals surface area contributed by atoms with Gasteiger partial charge < -0.3 is 19.3 Å². The van der Waals surface area contributed by atoms with Gasteiger partial charge in [-0.1, -0.05) is 23.4 Å². The molecule has 0 bridgehead atoms. The normalized spacial score (nSPS) is 11.5. The lowest BCUT2D eigenvalue weighted by Gasteiger charge is -2.16. The molecule has 35 heavy (non-hydrogen) atoms. The Kier molecular flexibility index (Phi) is 8.18. The highest BCUT2D eigenvalue weighted by Gasteiger charge is 2.20. The molecule has 1 aromatic heterocycles. The number of anilines is 2. The van der Waals surface area contributed by atoms with Crippen molar-refractivity contribution in [1.82, 2.24) is 5.16 Å². The summed E-state index contributed by atoms with van der Waals surface area (Å²) < 4.78 is 45.7. The molecule has 2 N–H and O–H groups in total. The van der Waals surface area contributed by atoms with E-state index in [0.29, 0.717) is 53.0 Å². The molecular weight excluding hydrogens is 470 g/mol. The van der Waals surface area contributed by atoms with Crippen LogP contribution in [0.3, 0.4) is 0 Å². The van der Waals surface area contributed by atoms with Crippen molar-refractivity contribution in [2.24, 2.45) is 0 Å². The van der Waals surface area contributed by atoms with Crippen molar-refractivity contribution in [3.8, 4) is 11.5 Å². The lowest BCUT2D eigenvalue weighted by atomic mass is 10.1. The molecule has 0 saturated heterocycles. The second-order valence-corrected chi connectivity index (χ2v) is 9.33. The van der Waals surface area contributed by atoms with Crippen molar-refractivity contribution in [3.63, 3.8) is 0 Å². The van der Waals surface area contributed by atoms with Crippen LogP contribution in [0.1, 0.15) is 43.4 Å². The molecule has 1 heterocycles. The van der Waals surface area contributed by atoms with Crippen molar-refractivity contribution < 1.29 is 27.2 Å². The van der Waals surface area contributed by atoms with Gasteiger partial charge in [-0.2, -0.15) is 0 Å². The molecule has 10 heteroatoms. The second-order valence-electron chi connectivity index (χ2n) is 7.68. The van der Waals surface area contributed by atoms with Crippen LogP contribution in [0.25, 0.3) is 12.2 Å². The van der Waals surface area contributed by atoms with Crippen LogP contribution in [0.4, 0.5) is 11.4 Å². The summed E-state index contributed by atoms with van der Waals surface area (Å²) in [6.07, 6.45) is 3.31. The van der Waals surface area contributed by atoms with Crippen LogP contribution in [0.2, 0.25) is 0 Å². The van der Waals surface area contributed by atoms with Crippen molar-refractivity contribution in [2.45, 2.75) is 39.5 Å². The Morgan fingerprint density at radius 2 is 1.80 bits per heavy atom. The van der Waals surface area contributed by atoms with Gasteiger partial charge >= 0.3 is 0 Å². The van der Waals surface area contributed by atoms with Crippen molar-refractivity contribution >= 4 is 39.5 Å². The quantitative estimate of drug-likeness (QED) is 0.402. The Hall–Kier alpha value is -3.79. The number of sulfonamides is 1. The van der Waals surface area contributed by atoms with Gasteiger partial charge in [0.25, 0.3) is 10.0 Å². The first-order valence-corrected chi connectivity index (χ1v) is 12.6. The lowest BCUT2D eigenvalue weighted by Crippen LogP contribution is -2.15. The summed E-state index contributed by atoms with van der Waals surface area (Å²) in [7, 11) is -3.95. The van der Waals surface area contributed by atoms with E-state index in [2.05, 4.69) is 15.2 Å². The van der Waals surface area contributed by atoms with Crippen LogP contribution >= 0.6 is 0 Å². The minimum Gasteiger partial charge on any atom is -0.494 e. The van der Waals surface area contributed by atoms with Crippen LogP contribution in [0.5, 0.6) is 11.5 Å². The molecule has 9 nitrogen and oxygen atoms in total. The average molecular weight is 500 g/mol. The first kappa shape index (κ1) is 25.8. The molecule has 2 aromatic carbocycles. The van der Waals surface area contributed by atoms with E-state index in [1.54, 1.807) is 62.4 Å². The number of carbonyl (C=O) groups is 1. The third kappa shape index (κ3) is 6.42. The van der Waals surface area contributed by atoms with Gasteiger partial charge in [0.2, 0.25) is 5.91 Å². The van der Waals surface area contributed by atoms with Gasteiger partial charge in [0.05, 0.1) is 23.8 Å². The maximum Gasteiger partial charge on any atom is 0.262 e. The van der Waals surface area contributed by atoms with E-state index in [4.69, 9.17) is 14.0 Å². The molecule has 186 valence electrons. The van der Waals surface area contributed by atoms with E-state index >= 15 is 0 Å². The molecule has 0 saturated carbocycles. The lowest BCUT2D eigenvalue weighted by molar-refractivity contribution is -0.114. The summed E-state index contributed by atoms with van der Waals surface area (Å²) in [5.74, 6) is 1.04. The summed E-state index contributed by atoms with van der Waals surface area (Å²) in [5.41, 5.74) is 2.48. The highest BCUT2D eigenvalue weighted by Crippen LogP contribution is 2.32. The maximum absolute atomic E-state index is 13.3. The van der Waals surface area contributed by atoms with E-state index in [0.717, 1.165) is 0 Å². The molecule has 0 spiro atoms. The average Bonchev–Trinajstić information content (AvgIpc) is 3.13. The largest absolute Gasteiger partial charge is 0.494 e. The van der Waals surface area contributed by atoms with Crippen molar-refractivity contribution in [1.29, 1.82) is 0 Å². The van der Waals surface area contributed by atoms with Crippen LogP contribution < -0.4 is 19.5 Å². The second kappa shape index (κ2) is 11.1. The Morgan fingerprint density at radius 3 is 2.49 bits per heavy atom. The van der Waals surface area contributed by atoms with E-state index < -0.39 is 10.0 Å². The zero-order chi connectivity index (χ0) is 25.6. The number of amides is 1. The van der Waals surface area contributed by atoms with E-state index in [-0.39, 0.29) is 16.5 Å². The number of nitrogens with zero attached hydrogens (tertiary/aromatic N) is 1. The number of benzene rings is 2. The molecular formula is C25H29N3O6S. The van der Waals surface area contributed by atoms with Gasteiger partial charge in [-0.25, -0.2) is 8.42 Å². The van der Waals surface area contributed by atoms with E-state index in [1.165, 1.54) is 6.92 Å².